The Kier molecular flexibility index (Phi) is 5.71. The van der Waals surface area contributed by atoms with Crippen molar-refractivity contribution in [3.05, 3.63) is 35.4 Å². The molecule has 0 unspecified atom stereocenters. The molecule has 0 bridgehead atoms. The van der Waals surface area contributed by atoms with Gasteiger partial charge in [-0.15, -0.1) is 0 Å². The second kappa shape index (κ2) is 7.28. The summed E-state index contributed by atoms with van der Waals surface area (Å²) in [6, 6.07) is 6.82. The fourth-order valence-electron chi connectivity index (χ4n) is 1.77. The van der Waals surface area contributed by atoms with Crippen LogP contribution in [0.15, 0.2) is 24.3 Å². The molecule has 0 aliphatic heterocycles. The number of carboxylic acids is 1. The SMILES string of the molecule is COC(=O)CCc1ccccc1C(=O)N(C)CC(=O)O. The first-order chi connectivity index (χ1) is 9.45. The van der Waals surface area contributed by atoms with Gasteiger partial charge in [0.1, 0.15) is 6.54 Å². The average molecular weight is 279 g/mol. The van der Waals surface area contributed by atoms with Crippen molar-refractivity contribution < 1.29 is 24.2 Å². The molecule has 0 atom stereocenters. The van der Waals surface area contributed by atoms with E-state index >= 15 is 0 Å². The Morgan fingerprint density at radius 1 is 1.25 bits per heavy atom. The van der Waals surface area contributed by atoms with E-state index in [1.54, 1.807) is 24.3 Å². The van der Waals surface area contributed by atoms with Crippen molar-refractivity contribution in [1.82, 2.24) is 4.90 Å². The number of benzene rings is 1. The van der Waals surface area contributed by atoms with Gasteiger partial charge in [0.2, 0.25) is 0 Å². The number of hydrogen-bond acceptors (Lipinski definition) is 4. The van der Waals surface area contributed by atoms with Crippen LogP contribution in [0.1, 0.15) is 22.3 Å². The molecule has 1 N–H and O–H groups in total. The predicted molar refractivity (Wildman–Crippen MR) is 71.4 cm³/mol. The summed E-state index contributed by atoms with van der Waals surface area (Å²) in [7, 11) is 2.73. The number of esters is 1. The molecule has 1 amide bonds. The molecule has 0 aromatic heterocycles. The van der Waals surface area contributed by atoms with Crippen molar-refractivity contribution in [2.75, 3.05) is 20.7 Å². The van der Waals surface area contributed by atoms with Gasteiger partial charge in [0.15, 0.2) is 0 Å². The Balaban J connectivity index is 2.86. The van der Waals surface area contributed by atoms with Crippen LogP contribution in [0.3, 0.4) is 0 Å². The minimum atomic E-state index is -1.08. The molecule has 1 rings (SSSR count). The number of carbonyl (C=O) groups excluding carboxylic acids is 2. The minimum absolute atomic E-state index is 0.170. The first kappa shape index (κ1) is 15.7. The van der Waals surface area contributed by atoms with Gasteiger partial charge < -0.3 is 14.7 Å². The summed E-state index contributed by atoms with van der Waals surface area (Å²) >= 11 is 0. The molecule has 1 aromatic carbocycles. The van der Waals surface area contributed by atoms with Crippen LogP contribution in [-0.2, 0) is 20.7 Å². The monoisotopic (exact) mass is 279 g/mol. The lowest BCUT2D eigenvalue weighted by atomic mass is 10.0. The van der Waals surface area contributed by atoms with E-state index in [2.05, 4.69) is 4.74 Å². The van der Waals surface area contributed by atoms with Gasteiger partial charge in [0.05, 0.1) is 7.11 Å². The van der Waals surface area contributed by atoms with Gasteiger partial charge >= 0.3 is 11.9 Å². The molecule has 0 aliphatic rings. The van der Waals surface area contributed by atoms with E-state index in [-0.39, 0.29) is 24.8 Å². The maximum absolute atomic E-state index is 12.2. The number of rotatable bonds is 6. The number of amides is 1. The van der Waals surface area contributed by atoms with E-state index in [4.69, 9.17) is 5.11 Å². The van der Waals surface area contributed by atoms with E-state index < -0.39 is 5.97 Å². The predicted octanol–water partition coefficient (Wildman–Crippen LogP) is 0.949. The second-order valence-corrected chi connectivity index (χ2v) is 4.29. The fourth-order valence-corrected chi connectivity index (χ4v) is 1.77. The fraction of sp³-hybridized carbons (Fsp3) is 0.357. The van der Waals surface area contributed by atoms with Crippen molar-refractivity contribution in [2.24, 2.45) is 0 Å². The van der Waals surface area contributed by atoms with Crippen LogP contribution >= 0.6 is 0 Å². The summed E-state index contributed by atoms with van der Waals surface area (Å²) in [5, 5.41) is 8.70. The Bertz CT molecular complexity index is 512. The van der Waals surface area contributed by atoms with Crippen LogP contribution in [-0.4, -0.2) is 48.6 Å². The third-order valence-corrected chi connectivity index (χ3v) is 2.79. The van der Waals surface area contributed by atoms with Crippen LogP contribution < -0.4 is 0 Å². The second-order valence-electron chi connectivity index (χ2n) is 4.29. The summed E-state index contributed by atoms with van der Waals surface area (Å²) in [6.07, 6.45) is 0.541. The molecule has 0 aliphatic carbocycles. The van der Waals surface area contributed by atoms with E-state index in [1.807, 2.05) is 0 Å². The Hall–Kier alpha value is -2.37. The summed E-state index contributed by atoms with van der Waals surface area (Å²) in [5.74, 6) is -1.81. The lowest BCUT2D eigenvalue weighted by molar-refractivity contribution is -0.140. The van der Waals surface area contributed by atoms with Crippen molar-refractivity contribution in [3.63, 3.8) is 0 Å². The summed E-state index contributed by atoms with van der Waals surface area (Å²) in [5.41, 5.74) is 1.10. The molecular weight excluding hydrogens is 262 g/mol. The highest BCUT2D eigenvalue weighted by Crippen LogP contribution is 2.13. The topological polar surface area (TPSA) is 83.9 Å². The number of carbonyl (C=O) groups is 3. The van der Waals surface area contributed by atoms with Gasteiger partial charge in [-0.1, -0.05) is 18.2 Å². The Morgan fingerprint density at radius 2 is 1.90 bits per heavy atom. The smallest absolute Gasteiger partial charge is 0.323 e. The highest BCUT2D eigenvalue weighted by Gasteiger charge is 2.17. The van der Waals surface area contributed by atoms with Gasteiger partial charge in [0.25, 0.3) is 5.91 Å². The molecular formula is C14H17NO5. The number of hydrogen-bond donors (Lipinski definition) is 1. The van der Waals surface area contributed by atoms with Crippen molar-refractivity contribution in [1.29, 1.82) is 0 Å². The molecule has 0 heterocycles. The summed E-state index contributed by atoms with van der Waals surface area (Å²) in [4.78, 5) is 35.1. The molecule has 6 nitrogen and oxygen atoms in total. The third kappa shape index (κ3) is 4.38. The molecule has 0 saturated carbocycles. The van der Waals surface area contributed by atoms with E-state index in [1.165, 1.54) is 14.2 Å². The molecule has 6 heteroatoms. The maximum Gasteiger partial charge on any atom is 0.323 e. The molecule has 108 valence electrons. The quantitative estimate of drug-likeness (QED) is 0.784. The molecule has 0 radical (unpaired) electrons. The zero-order valence-corrected chi connectivity index (χ0v) is 11.5. The molecule has 0 saturated heterocycles. The first-order valence-electron chi connectivity index (χ1n) is 6.07. The number of aryl methyl sites for hydroxylation is 1. The van der Waals surface area contributed by atoms with Gasteiger partial charge in [-0.25, -0.2) is 0 Å². The van der Waals surface area contributed by atoms with E-state index in [9.17, 15) is 14.4 Å². The number of carboxylic acid groups (broad SMARTS) is 1. The number of ether oxygens (including phenoxy) is 1. The van der Waals surface area contributed by atoms with Crippen molar-refractivity contribution in [2.45, 2.75) is 12.8 Å². The lowest BCUT2D eigenvalue weighted by Crippen LogP contribution is -2.32. The zero-order chi connectivity index (χ0) is 15.1. The molecule has 0 spiro atoms. The number of likely N-dealkylation sites (N-methyl/N-ethyl adjacent to an activating group) is 1. The van der Waals surface area contributed by atoms with Gasteiger partial charge in [0, 0.05) is 19.0 Å². The van der Waals surface area contributed by atoms with Crippen molar-refractivity contribution in [3.8, 4) is 0 Å². The highest BCUT2D eigenvalue weighted by molar-refractivity contribution is 5.97. The first-order valence-corrected chi connectivity index (χ1v) is 6.07. The van der Waals surface area contributed by atoms with Crippen LogP contribution in [0.4, 0.5) is 0 Å². The van der Waals surface area contributed by atoms with Gasteiger partial charge in [-0.05, 0) is 18.1 Å². The summed E-state index contributed by atoms with van der Waals surface area (Å²) in [6.45, 7) is -0.371. The van der Waals surface area contributed by atoms with Gasteiger partial charge in [-0.2, -0.15) is 0 Å². The van der Waals surface area contributed by atoms with Crippen molar-refractivity contribution >= 4 is 17.8 Å². The van der Waals surface area contributed by atoms with Crippen LogP contribution in [0.5, 0.6) is 0 Å². The molecule has 1 aromatic rings. The minimum Gasteiger partial charge on any atom is -0.480 e. The normalized spacial score (nSPS) is 9.90. The summed E-state index contributed by atoms with van der Waals surface area (Å²) < 4.78 is 4.56. The third-order valence-electron chi connectivity index (χ3n) is 2.79. The van der Waals surface area contributed by atoms with Crippen LogP contribution in [0, 0.1) is 0 Å². The lowest BCUT2D eigenvalue weighted by Gasteiger charge is -2.16. The average Bonchev–Trinajstić information content (AvgIpc) is 2.43. The molecule has 20 heavy (non-hydrogen) atoms. The Morgan fingerprint density at radius 3 is 2.50 bits per heavy atom. The molecule has 0 fully saturated rings. The van der Waals surface area contributed by atoms with Crippen LogP contribution in [0.25, 0.3) is 0 Å². The number of nitrogens with zero attached hydrogens (tertiary/aromatic N) is 1. The number of methoxy groups -OCH3 is 1. The van der Waals surface area contributed by atoms with E-state index in [0.717, 1.165) is 4.90 Å². The standard InChI is InChI=1S/C14H17NO5/c1-15(9-12(16)17)14(19)11-6-4-3-5-10(11)7-8-13(18)20-2/h3-6H,7-9H2,1-2H3,(H,16,17). The maximum atomic E-state index is 12.2. The Labute approximate surface area is 117 Å². The highest BCUT2D eigenvalue weighted by atomic mass is 16.5. The largest absolute Gasteiger partial charge is 0.480 e. The zero-order valence-electron chi connectivity index (χ0n) is 11.5. The number of aliphatic carboxylic acids is 1. The van der Waals surface area contributed by atoms with Crippen LogP contribution in [0.2, 0.25) is 0 Å². The van der Waals surface area contributed by atoms with E-state index in [0.29, 0.717) is 17.5 Å². The van der Waals surface area contributed by atoms with Gasteiger partial charge in [-0.3, -0.25) is 14.4 Å².